The molecule has 4 nitrogen and oxygen atoms in total. The number of hydrogen-bond donors (Lipinski definition) is 2. The van der Waals surface area contributed by atoms with Crippen molar-refractivity contribution in [3.63, 3.8) is 0 Å². The standard InChI is InChI=1S/C11H14N2O2/c1-10(2,3)11(15)7-5-4-6-12-8(7)13-9(11)14/h4-6,15H,1-3H3,(H,12,13,14). The quantitative estimate of drug-likeness (QED) is 0.672. The van der Waals surface area contributed by atoms with Gasteiger partial charge in [0, 0.05) is 17.2 Å². The Labute approximate surface area is 88.3 Å². The van der Waals surface area contributed by atoms with Crippen LogP contribution in [-0.4, -0.2) is 16.0 Å². The fraction of sp³-hybridized carbons (Fsp3) is 0.455. The molecule has 2 rings (SSSR count). The molecule has 1 amide bonds. The zero-order valence-corrected chi connectivity index (χ0v) is 9.03. The van der Waals surface area contributed by atoms with Crippen molar-refractivity contribution in [1.82, 2.24) is 4.98 Å². The summed E-state index contributed by atoms with van der Waals surface area (Å²) in [7, 11) is 0. The van der Waals surface area contributed by atoms with Crippen molar-refractivity contribution >= 4 is 11.7 Å². The molecule has 0 radical (unpaired) electrons. The molecule has 80 valence electrons. The number of fused-ring (bicyclic) bond motifs is 1. The first-order chi connectivity index (χ1) is 6.87. The first kappa shape index (κ1) is 10.1. The summed E-state index contributed by atoms with van der Waals surface area (Å²) in [5, 5.41) is 13.1. The smallest absolute Gasteiger partial charge is 0.262 e. The van der Waals surface area contributed by atoms with Gasteiger partial charge in [0.1, 0.15) is 5.82 Å². The first-order valence-corrected chi connectivity index (χ1v) is 4.86. The maximum atomic E-state index is 11.8. The topological polar surface area (TPSA) is 62.2 Å². The molecule has 1 unspecified atom stereocenters. The van der Waals surface area contributed by atoms with Gasteiger partial charge in [-0.25, -0.2) is 4.98 Å². The van der Waals surface area contributed by atoms with Crippen molar-refractivity contribution in [1.29, 1.82) is 0 Å². The van der Waals surface area contributed by atoms with E-state index >= 15 is 0 Å². The van der Waals surface area contributed by atoms with Gasteiger partial charge in [0.2, 0.25) is 0 Å². The fourth-order valence-corrected chi connectivity index (χ4v) is 1.86. The average molecular weight is 206 g/mol. The maximum absolute atomic E-state index is 11.8. The van der Waals surface area contributed by atoms with Crippen LogP contribution in [0.15, 0.2) is 18.3 Å². The lowest BCUT2D eigenvalue weighted by Crippen LogP contribution is -2.45. The van der Waals surface area contributed by atoms with Crippen molar-refractivity contribution in [2.45, 2.75) is 26.4 Å². The second kappa shape index (κ2) is 2.79. The minimum absolute atomic E-state index is 0.399. The molecular weight excluding hydrogens is 192 g/mol. The predicted octanol–water partition coefficient (Wildman–Crippen LogP) is 1.27. The summed E-state index contributed by atoms with van der Waals surface area (Å²) in [5.74, 6) is 0.0589. The molecule has 1 aromatic rings. The Kier molecular flexibility index (Phi) is 1.88. The molecule has 0 bridgehead atoms. The number of aromatic nitrogens is 1. The van der Waals surface area contributed by atoms with Crippen LogP contribution in [0.3, 0.4) is 0 Å². The van der Waals surface area contributed by atoms with Crippen molar-refractivity contribution in [3.05, 3.63) is 23.9 Å². The van der Waals surface area contributed by atoms with E-state index in [4.69, 9.17) is 0 Å². The van der Waals surface area contributed by atoms with E-state index in [0.29, 0.717) is 11.4 Å². The molecule has 0 fully saturated rings. The highest BCUT2D eigenvalue weighted by Crippen LogP contribution is 2.46. The zero-order chi connectivity index (χ0) is 11.3. The molecule has 2 N–H and O–H groups in total. The van der Waals surface area contributed by atoms with Gasteiger partial charge in [0.25, 0.3) is 5.91 Å². The molecule has 2 heterocycles. The van der Waals surface area contributed by atoms with E-state index in [1.807, 2.05) is 20.8 Å². The molecule has 0 saturated heterocycles. The average Bonchev–Trinajstić information content (AvgIpc) is 2.40. The summed E-state index contributed by atoms with van der Waals surface area (Å²) in [6, 6.07) is 3.45. The number of nitrogens with one attached hydrogen (secondary N) is 1. The lowest BCUT2D eigenvalue weighted by molar-refractivity contribution is -0.146. The van der Waals surface area contributed by atoms with E-state index < -0.39 is 16.9 Å². The Morgan fingerprint density at radius 2 is 2.13 bits per heavy atom. The number of carbonyl (C=O) groups excluding carboxylic acids is 1. The van der Waals surface area contributed by atoms with Crippen LogP contribution >= 0.6 is 0 Å². The Morgan fingerprint density at radius 3 is 2.73 bits per heavy atom. The molecule has 0 saturated carbocycles. The van der Waals surface area contributed by atoms with E-state index in [1.165, 1.54) is 0 Å². The van der Waals surface area contributed by atoms with Gasteiger partial charge < -0.3 is 10.4 Å². The second-order valence-electron chi connectivity index (χ2n) is 4.81. The monoisotopic (exact) mass is 206 g/mol. The van der Waals surface area contributed by atoms with Crippen molar-refractivity contribution in [3.8, 4) is 0 Å². The molecule has 15 heavy (non-hydrogen) atoms. The minimum Gasteiger partial charge on any atom is -0.375 e. The van der Waals surface area contributed by atoms with Crippen LogP contribution in [0.4, 0.5) is 5.82 Å². The van der Waals surface area contributed by atoms with Crippen molar-refractivity contribution < 1.29 is 9.90 Å². The highest BCUT2D eigenvalue weighted by atomic mass is 16.3. The Bertz CT molecular complexity index is 423. The molecule has 1 aliphatic rings. The van der Waals surface area contributed by atoms with Crippen LogP contribution in [0.25, 0.3) is 0 Å². The third-order valence-corrected chi connectivity index (χ3v) is 2.84. The molecule has 0 aromatic carbocycles. The van der Waals surface area contributed by atoms with Gasteiger partial charge in [-0.3, -0.25) is 4.79 Å². The summed E-state index contributed by atoms with van der Waals surface area (Å²) in [6.07, 6.45) is 1.59. The van der Waals surface area contributed by atoms with Gasteiger partial charge in [0.05, 0.1) is 0 Å². The lowest BCUT2D eigenvalue weighted by Gasteiger charge is -2.34. The van der Waals surface area contributed by atoms with Gasteiger partial charge in [-0.05, 0) is 6.07 Å². The number of carbonyl (C=O) groups is 1. The van der Waals surface area contributed by atoms with Crippen molar-refractivity contribution in [2.75, 3.05) is 5.32 Å². The predicted molar refractivity (Wildman–Crippen MR) is 56.2 cm³/mol. The molecule has 0 spiro atoms. The van der Waals surface area contributed by atoms with E-state index in [-0.39, 0.29) is 0 Å². The fourth-order valence-electron chi connectivity index (χ4n) is 1.86. The largest absolute Gasteiger partial charge is 0.375 e. The molecular formula is C11H14N2O2. The third-order valence-electron chi connectivity index (χ3n) is 2.84. The summed E-state index contributed by atoms with van der Waals surface area (Å²) in [4.78, 5) is 15.8. The van der Waals surface area contributed by atoms with Gasteiger partial charge in [-0.2, -0.15) is 0 Å². The number of amides is 1. The van der Waals surface area contributed by atoms with E-state index in [0.717, 1.165) is 0 Å². The maximum Gasteiger partial charge on any atom is 0.262 e. The number of nitrogens with zero attached hydrogens (tertiary/aromatic N) is 1. The SMILES string of the molecule is CC(C)(C)C1(O)C(=O)Nc2ncccc21. The van der Waals surface area contributed by atoms with E-state index in [9.17, 15) is 9.90 Å². The molecule has 4 heteroatoms. The van der Waals surface area contributed by atoms with Gasteiger partial charge >= 0.3 is 0 Å². The minimum atomic E-state index is -1.49. The number of rotatable bonds is 0. The Balaban J connectivity index is 2.65. The van der Waals surface area contributed by atoms with Gasteiger partial charge in [-0.1, -0.05) is 26.8 Å². The van der Waals surface area contributed by atoms with Gasteiger partial charge in [-0.15, -0.1) is 0 Å². The Hall–Kier alpha value is -1.42. The highest BCUT2D eigenvalue weighted by molar-refractivity contribution is 6.04. The van der Waals surface area contributed by atoms with Crippen LogP contribution in [-0.2, 0) is 10.4 Å². The summed E-state index contributed by atoms with van der Waals surface area (Å²) < 4.78 is 0. The third kappa shape index (κ3) is 1.18. The number of hydrogen-bond acceptors (Lipinski definition) is 3. The number of aliphatic hydroxyl groups is 1. The highest BCUT2D eigenvalue weighted by Gasteiger charge is 2.54. The lowest BCUT2D eigenvalue weighted by atomic mass is 9.73. The first-order valence-electron chi connectivity index (χ1n) is 4.86. The molecule has 1 aliphatic heterocycles. The summed E-state index contributed by atoms with van der Waals surface area (Å²) >= 11 is 0. The van der Waals surface area contributed by atoms with Crippen LogP contribution in [0.2, 0.25) is 0 Å². The van der Waals surface area contributed by atoms with E-state index in [1.54, 1.807) is 18.3 Å². The van der Waals surface area contributed by atoms with Crippen LogP contribution in [0.5, 0.6) is 0 Å². The molecule has 1 aromatic heterocycles. The van der Waals surface area contributed by atoms with E-state index in [2.05, 4.69) is 10.3 Å². The number of pyridine rings is 1. The zero-order valence-electron chi connectivity index (χ0n) is 9.03. The van der Waals surface area contributed by atoms with Gasteiger partial charge in [0.15, 0.2) is 5.60 Å². The Morgan fingerprint density at radius 1 is 1.47 bits per heavy atom. The van der Waals surface area contributed by atoms with Crippen LogP contribution < -0.4 is 5.32 Å². The van der Waals surface area contributed by atoms with Crippen LogP contribution in [0.1, 0.15) is 26.3 Å². The van der Waals surface area contributed by atoms with Crippen molar-refractivity contribution in [2.24, 2.45) is 5.41 Å². The molecule has 0 aliphatic carbocycles. The number of anilines is 1. The second-order valence-corrected chi connectivity index (χ2v) is 4.81. The summed E-state index contributed by atoms with van der Waals surface area (Å²) in [6.45, 7) is 5.48. The van der Waals surface area contributed by atoms with Crippen LogP contribution in [0, 0.1) is 5.41 Å². The summed E-state index contributed by atoms with van der Waals surface area (Å²) in [5.41, 5.74) is -1.50. The normalized spacial score (nSPS) is 24.9. The molecule has 1 atom stereocenters.